The van der Waals surface area contributed by atoms with E-state index in [1.54, 1.807) is 0 Å². The summed E-state index contributed by atoms with van der Waals surface area (Å²) < 4.78 is 65.0. The van der Waals surface area contributed by atoms with Crippen LogP contribution in [0.4, 0.5) is 26.7 Å². The second kappa shape index (κ2) is 2.62. The Kier molecular flexibility index (Phi) is 2.11. The van der Waals surface area contributed by atoms with Crippen molar-refractivity contribution in [1.29, 1.82) is 0 Å². The van der Waals surface area contributed by atoms with Crippen molar-refractivity contribution in [3.63, 3.8) is 0 Å². The Balaban J connectivity index is 3.14. The van der Waals surface area contributed by atoms with Crippen LogP contribution in [0.3, 0.4) is 0 Å². The molecular formula is C5H3ClF5NO2. The lowest BCUT2D eigenvalue weighted by Gasteiger charge is -2.50. The molecular weight excluding hydrogens is 237 g/mol. The lowest BCUT2D eigenvalue weighted by atomic mass is 10.1. The minimum Gasteiger partial charge on any atom is -0.405 e. The van der Waals surface area contributed by atoms with Crippen LogP contribution < -0.4 is 0 Å². The molecule has 0 spiro atoms. The van der Waals surface area contributed by atoms with E-state index in [4.69, 9.17) is 0 Å². The summed E-state index contributed by atoms with van der Waals surface area (Å²) in [6.45, 7) is 0. The predicted octanol–water partition coefficient (Wildman–Crippen LogP) is 2.16. The fourth-order valence-corrected chi connectivity index (χ4v) is 1.28. The van der Waals surface area contributed by atoms with Gasteiger partial charge in [-0.1, -0.05) is 0 Å². The number of amides is 1. The lowest BCUT2D eigenvalue weighted by molar-refractivity contribution is -0.388. The summed E-state index contributed by atoms with van der Waals surface area (Å²) in [6.07, 6.45) is -6.98. The molecule has 0 saturated carbocycles. The van der Waals surface area contributed by atoms with Crippen molar-refractivity contribution in [3.05, 3.63) is 0 Å². The van der Waals surface area contributed by atoms with Gasteiger partial charge in [0.05, 0.1) is 0 Å². The minimum absolute atomic E-state index is 0.292. The average Bonchev–Trinajstić information content (AvgIpc) is 1.93. The summed E-state index contributed by atoms with van der Waals surface area (Å²) in [4.78, 5) is 10.1. The van der Waals surface area contributed by atoms with Crippen LogP contribution in [0, 0.1) is 0 Å². The van der Waals surface area contributed by atoms with Crippen LogP contribution in [-0.2, 0) is 4.74 Å². The molecule has 0 N–H and O–H groups in total. The van der Waals surface area contributed by atoms with Gasteiger partial charge in [-0.15, -0.1) is 0 Å². The van der Waals surface area contributed by atoms with Gasteiger partial charge < -0.3 is 4.74 Å². The van der Waals surface area contributed by atoms with Crippen LogP contribution in [0.5, 0.6) is 0 Å². The molecule has 1 aliphatic rings. The van der Waals surface area contributed by atoms with Crippen molar-refractivity contribution in [2.45, 2.75) is 17.3 Å². The summed E-state index contributed by atoms with van der Waals surface area (Å²) in [5.74, 6) is 0. The van der Waals surface area contributed by atoms with Gasteiger partial charge in [0.1, 0.15) is 0 Å². The summed E-state index contributed by atoms with van der Waals surface area (Å²) >= 11 is 4.26. The van der Waals surface area contributed by atoms with Gasteiger partial charge in [0.25, 0.3) is 0 Å². The smallest absolute Gasteiger partial charge is 0.405 e. The first-order valence-corrected chi connectivity index (χ1v) is 3.52. The van der Waals surface area contributed by atoms with Crippen LogP contribution >= 0.6 is 11.6 Å². The molecule has 82 valence electrons. The fourth-order valence-electron chi connectivity index (χ4n) is 1.01. The molecule has 1 rings (SSSR count). The van der Waals surface area contributed by atoms with E-state index in [0.717, 1.165) is 0 Å². The third-order valence-electron chi connectivity index (χ3n) is 1.75. The maximum atomic E-state index is 12.5. The zero-order chi connectivity index (χ0) is 11.4. The Morgan fingerprint density at radius 2 is 1.79 bits per heavy atom. The van der Waals surface area contributed by atoms with Crippen molar-refractivity contribution in [1.82, 2.24) is 4.90 Å². The number of halogens is 6. The number of carbonyl (C=O) groups excluding carboxylic acids is 1. The molecule has 0 aromatic rings. The van der Waals surface area contributed by atoms with Gasteiger partial charge in [0, 0.05) is 7.05 Å². The van der Waals surface area contributed by atoms with E-state index in [0.29, 0.717) is 7.05 Å². The molecule has 0 radical (unpaired) electrons. The average molecular weight is 240 g/mol. The molecule has 0 aliphatic carbocycles. The molecule has 1 saturated heterocycles. The second-order valence-corrected chi connectivity index (χ2v) is 3.04. The fraction of sp³-hybridized carbons (Fsp3) is 0.800. The number of cyclic esters (lactones) is 1. The number of carbonyl (C=O) groups is 1. The first-order valence-electron chi connectivity index (χ1n) is 3.14. The normalized spacial score (nSPS) is 28.5. The minimum atomic E-state index is -5.47. The molecule has 1 aliphatic heterocycles. The Hall–Kier alpha value is -0.790. The van der Waals surface area contributed by atoms with E-state index < -0.39 is 23.4 Å². The van der Waals surface area contributed by atoms with Crippen molar-refractivity contribution >= 4 is 17.7 Å². The lowest BCUT2D eigenvalue weighted by Crippen LogP contribution is -2.77. The summed E-state index contributed by atoms with van der Waals surface area (Å²) in [5, 5.41) is -4.74. The highest BCUT2D eigenvalue weighted by molar-refractivity contribution is 6.23. The molecule has 9 heteroatoms. The van der Waals surface area contributed by atoms with Crippen molar-refractivity contribution in [2.24, 2.45) is 0 Å². The van der Waals surface area contributed by atoms with Crippen LogP contribution in [-0.4, -0.2) is 35.3 Å². The number of rotatable bonds is 1. The number of hydrogen-bond donors (Lipinski definition) is 0. The van der Waals surface area contributed by atoms with E-state index in [1.165, 1.54) is 0 Å². The molecule has 1 heterocycles. The van der Waals surface area contributed by atoms with E-state index in [2.05, 4.69) is 16.3 Å². The van der Waals surface area contributed by atoms with Crippen molar-refractivity contribution in [3.8, 4) is 0 Å². The quantitative estimate of drug-likeness (QED) is 0.518. The molecule has 1 fully saturated rings. The SMILES string of the molecule is CN1C(=O)OC1(C(F)(F)F)C(F)(F)Cl. The van der Waals surface area contributed by atoms with Gasteiger partial charge in [-0.05, 0) is 11.6 Å². The van der Waals surface area contributed by atoms with Crippen LogP contribution in [0.1, 0.15) is 0 Å². The highest BCUT2D eigenvalue weighted by Crippen LogP contribution is 2.53. The van der Waals surface area contributed by atoms with Crippen molar-refractivity contribution in [2.75, 3.05) is 7.05 Å². The first kappa shape index (κ1) is 11.3. The number of ether oxygens (including phenoxy) is 1. The monoisotopic (exact) mass is 239 g/mol. The number of alkyl halides is 6. The van der Waals surface area contributed by atoms with Gasteiger partial charge in [-0.2, -0.15) is 22.0 Å². The summed E-state index contributed by atoms with van der Waals surface area (Å²) in [5.41, 5.74) is -4.06. The third-order valence-corrected chi connectivity index (χ3v) is 2.01. The molecule has 0 aromatic heterocycles. The zero-order valence-electron chi connectivity index (χ0n) is 6.53. The van der Waals surface area contributed by atoms with Crippen molar-refractivity contribution < 1.29 is 31.5 Å². The van der Waals surface area contributed by atoms with E-state index >= 15 is 0 Å². The van der Waals surface area contributed by atoms with Gasteiger partial charge in [0.2, 0.25) is 0 Å². The standard InChI is InChI=1S/C5H3ClF5NO2/c1-12-2(13)14-3(12,4(6,7)8)5(9,10)11/h1H3. The molecule has 0 bridgehead atoms. The maximum absolute atomic E-state index is 12.5. The Bertz CT molecular complexity index is 258. The topological polar surface area (TPSA) is 29.5 Å². The summed E-state index contributed by atoms with van der Waals surface area (Å²) in [6, 6.07) is 0. The van der Waals surface area contributed by atoms with Gasteiger partial charge in [-0.3, -0.25) is 4.90 Å². The van der Waals surface area contributed by atoms with Crippen LogP contribution in [0.2, 0.25) is 0 Å². The predicted molar refractivity (Wildman–Crippen MR) is 33.8 cm³/mol. The first-order chi connectivity index (χ1) is 6.04. The molecule has 1 amide bonds. The molecule has 14 heavy (non-hydrogen) atoms. The Morgan fingerprint density at radius 3 is 1.86 bits per heavy atom. The number of hydrogen-bond acceptors (Lipinski definition) is 2. The largest absolute Gasteiger partial charge is 0.457 e. The molecule has 1 unspecified atom stereocenters. The second-order valence-electron chi connectivity index (χ2n) is 2.57. The highest BCUT2D eigenvalue weighted by atomic mass is 35.5. The third kappa shape index (κ3) is 1.13. The van der Waals surface area contributed by atoms with Gasteiger partial charge >= 0.3 is 23.4 Å². The molecule has 0 aromatic carbocycles. The van der Waals surface area contributed by atoms with Crippen LogP contribution in [0.25, 0.3) is 0 Å². The van der Waals surface area contributed by atoms with E-state index in [-0.39, 0.29) is 4.90 Å². The Morgan fingerprint density at radius 1 is 1.36 bits per heavy atom. The van der Waals surface area contributed by atoms with E-state index in [9.17, 15) is 26.7 Å². The molecule has 1 atom stereocenters. The van der Waals surface area contributed by atoms with E-state index in [1.807, 2.05) is 0 Å². The Labute approximate surface area is 79.4 Å². The number of nitrogens with zero attached hydrogens (tertiary/aromatic N) is 1. The van der Waals surface area contributed by atoms with Gasteiger partial charge in [0.15, 0.2) is 0 Å². The van der Waals surface area contributed by atoms with Crippen LogP contribution in [0.15, 0.2) is 0 Å². The maximum Gasteiger partial charge on any atom is 0.457 e. The van der Waals surface area contributed by atoms with Gasteiger partial charge in [-0.25, -0.2) is 4.79 Å². The zero-order valence-corrected chi connectivity index (χ0v) is 7.29. The summed E-state index contributed by atoms with van der Waals surface area (Å²) in [7, 11) is 0.523. The highest BCUT2D eigenvalue weighted by Gasteiger charge is 2.81. The molecule has 3 nitrogen and oxygen atoms in total.